The average molecular weight is 651 g/mol. The number of rotatable bonds is 17. The molecular formula is C36H50N4O7. The van der Waals surface area contributed by atoms with E-state index < -0.39 is 36.9 Å². The van der Waals surface area contributed by atoms with Crippen molar-refractivity contribution in [1.82, 2.24) is 21.0 Å². The highest BCUT2D eigenvalue weighted by atomic mass is 16.7. The van der Waals surface area contributed by atoms with Crippen molar-refractivity contribution in [3.8, 4) is 5.75 Å². The second kappa shape index (κ2) is 18.2. The molecule has 3 rings (SSSR count). The maximum absolute atomic E-state index is 14.7. The average Bonchev–Trinajstić information content (AvgIpc) is 3.03. The summed E-state index contributed by atoms with van der Waals surface area (Å²) >= 11 is 0. The monoisotopic (exact) mass is 650 g/mol. The molecule has 0 fully saturated rings. The molecule has 0 radical (unpaired) electrons. The maximum Gasteiger partial charge on any atom is 0.338 e. The smallest absolute Gasteiger partial charge is 0.338 e. The number of fused-ring (bicyclic) bond motifs is 1. The number of urea groups is 1. The van der Waals surface area contributed by atoms with Crippen molar-refractivity contribution < 1.29 is 33.4 Å². The third-order valence-corrected chi connectivity index (χ3v) is 7.18. The zero-order valence-corrected chi connectivity index (χ0v) is 28.6. The molecule has 3 N–H and O–H groups in total. The molecule has 11 heteroatoms. The zero-order chi connectivity index (χ0) is 34.4. The standard InChI is InChI=1S/C36H50N4O7/c1-8-37-35(43)39-46-24-32(41)38-31(22-26-18-20-29(21-19-26)47-36(5,6)7)33(42)40(25(4)34(44-9-2)45-10-3)23-28-16-13-15-27-14-11-12-17-30(27)28/h11-21,25,31,34H,8-10,22-24H2,1-7H3,(H,38,41)(H2,37,39,43)/t25-,31-/m0/s1. The van der Waals surface area contributed by atoms with E-state index in [1.165, 1.54) is 0 Å². The van der Waals surface area contributed by atoms with E-state index in [-0.39, 0.29) is 24.5 Å². The summed E-state index contributed by atoms with van der Waals surface area (Å²) < 4.78 is 17.9. The Morgan fingerprint density at radius 2 is 1.53 bits per heavy atom. The Morgan fingerprint density at radius 1 is 0.872 bits per heavy atom. The van der Waals surface area contributed by atoms with E-state index in [0.29, 0.717) is 25.5 Å². The van der Waals surface area contributed by atoms with E-state index in [9.17, 15) is 14.4 Å². The van der Waals surface area contributed by atoms with Crippen molar-refractivity contribution in [2.75, 3.05) is 26.4 Å². The van der Waals surface area contributed by atoms with Crippen molar-refractivity contribution in [2.45, 2.75) is 85.4 Å². The fraction of sp³-hybridized carbons (Fsp3) is 0.472. The van der Waals surface area contributed by atoms with E-state index in [1.54, 1.807) is 11.8 Å². The molecule has 11 nitrogen and oxygen atoms in total. The number of carbonyl (C=O) groups is 3. The Morgan fingerprint density at radius 3 is 2.17 bits per heavy atom. The molecule has 256 valence electrons. The normalized spacial score (nSPS) is 12.8. The van der Waals surface area contributed by atoms with Crippen LogP contribution in [0.2, 0.25) is 0 Å². The van der Waals surface area contributed by atoms with Gasteiger partial charge in [0.25, 0.3) is 0 Å². The Kier molecular flexibility index (Phi) is 14.5. The number of nitrogens with one attached hydrogen (secondary N) is 3. The minimum absolute atomic E-state index is 0.191. The highest BCUT2D eigenvalue weighted by Crippen LogP contribution is 2.24. The zero-order valence-electron chi connectivity index (χ0n) is 28.6. The molecule has 0 aliphatic carbocycles. The first kappa shape index (κ1) is 37.3. The number of benzene rings is 3. The second-order valence-corrected chi connectivity index (χ2v) is 12.1. The topological polar surface area (TPSA) is 127 Å². The van der Waals surface area contributed by atoms with Gasteiger partial charge in [-0.1, -0.05) is 54.6 Å². The summed E-state index contributed by atoms with van der Waals surface area (Å²) in [5.74, 6) is -0.202. The van der Waals surface area contributed by atoms with Gasteiger partial charge in [0.05, 0.1) is 6.04 Å². The van der Waals surface area contributed by atoms with Gasteiger partial charge in [-0.3, -0.25) is 14.4 Å². The third kappa shape index (κ3) is 11.8. The van der Waals surface area contributed by atoms with Crippen LogP contribution in [0.25, 0.3) is 10.8 Å². The second-order valence-electron chi connectivity index (χ2n) is 12.1. The van der Waals surface area contributed by atoms with Crippen LogP contribution in [-0.4, -0.2) is 73.1 Å². The predicted octanol–water partition coefficient (Wildman–Crippen LogP) is 5.11. The van der Waals surface area contributed by atoms with Crippen molar-refractivity contribution >= 4 is 28.6 Å². The van der Waals surface area contributed by atoms with Crippen molar-refractivity contribution in [2.24, 2.45) is 0 Å². The highest BCUT2D eigenvalue weighted by molar-refractivity contribution is 5.90. The third-order valence-electron chi connectivity index (χ3n) is 7.18. The van der Waals surface area contributed by atoms with E-state index >= 15 is 0 Å². The van der Waals surface area contributed by atoms with Crippen LogP contribution in [-0.2, 0) is 36.9 Å². The quantitative estimate of drug-likeness (QED) is 0.137. The molecule has 0 unspecified atom stereocenters. The van der Waals surface area contributed by atoms with Gasteiger partial charge in [0, 0.05) is 32.7 Å². The summed E-state index contributed by atoms with van der Waals surface area (Å²) in [6, 6.07) is 19.4. The molecule has 2 atom stereocenters. The molecule has 0 saturated heterocycles. The molecule has 0 heterocycles. The van der Waals surface area contributed by atoms with E-state index in [1.807, 2.05) is 108 Å². The van der Waals surface area contributed by atoms with Crippen molar-refractivity contribution in [1.29, 1.82) is 0 Å². The lowest BCUT2D eigenvalue weighted by Crippen LogP contribution is -2.55. The number of hydrogen-bond donors (Lipinski definition) is 3. The Balaban J connectivity index is 1.97. The fourth-order valence-electron chi connectivity index (χ4n) is 5.12. The SMILES string of the molecule is CCNC(=O)NOCC(=O)N[C@@H](Cc1ccc(OC(C)(C)C)cc1)C(=O)N(Cc1cccc2ccccc12)[C@@H](C)C(OCC)OCC. The van der Waals surface area contributed by atoms with Gasteiger partial charge in [0.1, 0.15) is 17.4 Å². The van der Waals surface area contributed by atoms with Crippen molar-refractivity contribution in [3.05, 3.63) is 77.9 Å². The van der Waals surface area contributed by atoms with Crippen molar-refractivity contribution in [3.63, 3.8) is 0 Å². The van der Waals surface area contributed by atoms with Gasteiger partial charge in [-0.05, 0) is 82.5 Å². The highest BCUT2D eigenvalue weighted by Gasteiger charge is 2.34. The lowest BCUT2D eigenvalue weighted by molar-refractivity contribution is -0.179. The first-order valence-corrected chi connectivity index (χ1v) is 16.2. The van der Waals surface area contributed by atoms with Gasteiger partial charge >= 0.3 is 6.03 Å². The van der Waals surface area contributed by atoms with E-state index in [2.05, 4.69) is 16.1 Å². The van der Waals surface area contributed by atoms with Gasteiger partial charge in [0.15, 0.2) is 12.9 Å². The number of carbonyl (C=O) groups excluding carboxylic acids is 3. The van der Waals surface area contributed by atoms with Crippen LogP contribution in [0, 0.1) is 0 Å². The maximum atomic E-state index is 14.7. The predicted molar refractivity (Wildman–Crippen MR) is 182 cm³/mol. The number of nitrogens with zero attached hydrogens (tertiary/aromatic N) is 1. The summed E-state index contributed by atoms with van der Waals surface area (Å²) in [6.07, 6.45) is -0.504. The lowest BCUT2D eigenvalue weighted by Gasteiger charge is -2.37. The molecule has 0 bridgehead atoms. The van der Waals surface area contributed by atoms with Crippen LogP contribution in [0.3, 0.4) is 0 Å². The van der Waals surface area contributed by atoms with Gasteiger partial charge in [-0.25, -0.2) is 10.3 Å². The summed E-state index contributed by atoms with van der Waals surface area (Å²) in [4.78, 5) is 46.3. The minimum atomic E-state index is -0.980. The Hall–Kier alpha value is -4.19. The molecule has 3 aromatic rings. The summed E-state index contributed by atoms with van der Waals surface area (Å²) in [6.45, 7) is 14.2. The number of hydroxylamine groups is 1. The molecular weight excluding hydrogens is 600 g/mol. The molecule has 0 saturated carbocycles. The van der Waals surface area contributed by atoms with Gasteiger partial charge in [-0.2, -0.15) is 0 Å². The van der Waals surface area contributed by atoms with Crippen LogP contribution in [0.1, 0.15) is 59.6 Å². The van der Waals surface area contributed by atoms with Crippen LogP contribution in [0.5, 0.6) is 5.75 Å². The number of ether oxygens (including phenoxy) is 3. The first-order chi connectivity index (χ1) is 22.4. The molecule has 47 heavy (non-hydrogen) atoms. The lowest BCUT2D eigenvalue weighted by atomic mass is 10.0. The first-order valence-electron chi connectivity index (χ1n) is 16.2. The molecule has 0 aliphatic heterocycles. The molecule has 4 amide bonds. The Bertz CT molecular complexity index is 1430. The number of hydrogen-bond acceptors (Lipinski definition) is 7. The summed E-state index contributed by atoms with van der Waals surface area (Å²) in [5.41, 5.74) is 3.56. The molecule has 0 aliphatic rings. The minimum Gasteiger partial charge on any atom is -0.488 e. The number of amides is 4. The van der Waals surface area contributed by atoms with E-state index in [4.69, 9.17) is 19.0 Å². The van der Waals surface area contributed by atoms with Crippen LogP contribution in [0.15, 0.2) is 66.7 Å². The Labute approximate surface area is 278 Å². The van der Waals surface area contributed by atoms with Gasteiger partial charge in [0.2, 0.25) is 11.8 Å². The summed E-state index contributed by atoms with van der Waals surface area (Å²) in [5, 5.41) is 7.44. The fourth-order valence-corrected chi connectivity index (χ4v) is 5.12. The van der Waals surface area contributed by atoms with Crippen LogP contribution in [0.4, 0.5) is 4.79 Å². The largest absolute Gasteiger partial charge is 0.488 e. The molecule has 0 aromatic heterocycles. The van der Waals surface area contributed by atoms with Gasteiger partial charge in [-0.15, -0.1) is 0 Å². The molecule has 3 aromatic carbocycles. The van der Waals surface area contributed by atoms with Crippen LogP contribution >= 0.6 is 0 Å². The van der Waals surface area contributed by atoms with Gasteiger partial charge < -0.3 is 29.7 Å². The van der Waals surface area contributed by atoms with Crippen LogP contribution < -0.4 is 20.9 Å². The van der Waals surface area contributed by atoms with E-state index in [0.717, 1.165) is 21.9 Å². The molecule has 0 spiro atoms. The summed E-state index contributed by atoms with van der Waals surface area (Å²) in [7, 11) is 0.